The second kappa shape index (κ2) is 5.04. The number of benzene rings is 2. The van der Waals surface area contributed by atoms with E-state index in [-0.39, 0.29) is 10.6 Å². The maximum atomic E-state index is 13.9. The number of hydrogen-bond donors (Lipinski definition) is 1. The molecule has 0 radical (unpaired) electrons. The third-order valence-electron chi connectivity index (χ3n) is 3.25. The summed E-state index contributed by atoms with van der Waals surface area (Å²) in [5.74, 6) is -1.15. The third kappa shape index (κ3) is 2.18. The average molecular weight is 299 g/mol. The molecule has 0 saturated carbocycles. The van der Waals surface area contributed by atoms with Gasteiger partial charge in [0.25, 0.3) is 0 Å². The summed E-state index contributed by atoms with van der Waals surface area (Å²) in [6.45, 7) is 0. The Kier molecular flexibility index (Phi) is 3.20. The van der Waals surface area contributed by atoms with Crippen LogP contribution in [0.2, 0.25) is 5.02 Å². The molecule has 0 bridgehead atoms. The number of carbonyl (C=O) groups excluding carboxylic acids is 1. The van der Waals surface area contributed by atoms with Crippen LogP contribution in [-0.2, 0) is 0 Å². The highest BCUT2D eigenvalue weighted by molar-refractivity contribution is 6.35. The number of aromatic amines is 1. The van der Waals surface area contributed by atoms with Crippen LogP contribution < -0.4 is 0 Å². The lowest BCUT2D eigenvalue weighted by Gasteiger charge is -2.04. The minimum Gasteiger partial charge on any atom is -0.360 e. The molecule has 0 aliphatic carbocycles. The molecule has 0 amide bonds. The fourth-order valence-corrected chi connectivity index (χ4v) is 2.48. The van der Waals surface area contributed by atoms with E-state index >= 15 is 0 Å². The zero-order valence-corrected chi connectivity index (χ0v) is 11.4. The Morgan fingerprint density at radius 2 is 2.10 bits per heavy atom. The summed E-state index contributed by atoms with van der Waals surface area (Å²) in [7, 11) is 0. The van der Waals surface area contributed by atoms with E-state index in [0.29, 0.717) is 22.0 Å². The van der Waals surface area contributed by atoms with Crippen molar-refractivity contribution in [3.8, 4) is 6.07 Å². The molecule has 3 rings (SSSR count). The van der Waals surface area contributed by atoms with Crippen LogP contribution in [0.25, 0.3) is 10.9 Å². The van der Waals surface area contributed by atoms with Crippen LogP contribution in [0, 0.1) is 17.1 Å². The molecule has 3 aromatic rings. The van der Waals surface area contributed by atoms with Gasteiger partial charge in [-0.3, -0.25) is 4.79 Å². The minimum absolute atomic E-state index is 0.0722. The van der Waals surface area contributed by atoms with E-state index in [4.69, 9.17) is 16.9 Å². The molecule has 0 aliphatic heterocycles. The molecule has 2 aromatic carbocycles. The molecule has 3 nitrogen and oxygen atoms in total. The Hall–Kier alpha value is -2.64. The molecule has 0 unspecified atom stereocenters. The number of nitrogens with zero attached hydrogens (tertiary/aromatic N) is 1. The first-order valence-corrected chi connectivity index (χ1v) is 6.49. The van der Waals surface area contributed by atoms with Gasteiger partial charge < -0.3 is 4.98 Å². The quantitative estimate of drug-likeness (QED) is 0.725. The van der Waals surface area contributed by atoms with E-state index in [1.807, 2.05) is 6.07 Å². The predicted molar refractivity (Wildman–Crippen MR) is 77.9 cm³/mol. The number of rotatable bonds is 2. The summed E-state index contributed by atoms with van der Waals surface area (Å²) in [6, 6.07) is 11.0. The summed E-state index contributed by atoms with van der Waals surface area (Å²) >= 11 is 5.93. The SMILES string of the molecule is N#Cc1ccc2c(C(=O)c3c(F)cccc3Cl)c[nH]c2c1. The molecule has 1 heterocycles. The number of nitriles is 1. The second-order valence-corrected chi connectivity index (χ2v) is 4.91. The normalized spacial score (nSPS) is 10.5. The largest absolute Gasteiger partial charge is 0.360 e. The number of hydrogen-bond acceptors (Lipinski definition) is 2. The molecule has 0 atom stereocenters. The van der Waals surface area contributed by atoms with Gasteiger partial charge in [-0.15, -0.1) is 0 Å². The first-order valence-electron chi connectivity index (χ1n) is 6.12. The molecular weight excluding hydrogens is 291 g/mol. The number of carbonyl (C=O) groups is 1. The molecule has 21 heavy (non-hydrogen) atoms. The highest BCUT2D eigenvalue weighted by atomic mass is 35.5. The zero-order valence-electron chi connectivity index (χ0n) is 10.7. The van der Waals surface area contributed by atoms with Gasteiger partial charge in [0, 0.05) is 22.7 Å². The van der Waals surface area contributed by atoms with Gasteiger partial charge in [-0.25, -0.2) is 4.39 Å². The fourth-order valence-electron chi connectivity index (χ4n) is 2.23. The molecule has 102 valence electrons. The third-order valence-corrected chi connectivity index (χ3v) is 3.56. The van der Waals surface area contributed by atoms with Crippen LogP contribution in [0.3, 0.4) is 0 Å². The van der Waals surface area contributed by atoms with Crippen molar-refractivity contribution in [2.45, 2.75) is 0 Å². The van der Waals surface area contributed by atoms with Gasteiger partial charge >= 0.3 is 0 Å². The van der Waals surface area contributed by atoms with Gasteiger partial charge in [-0.2, -0.15) is 5.26 Å². The van der Waals surface area contributed by atoms with Crippen LogP contribution >= 0.6 is 11.6 Å². The molecule has 1 N–H and O–H groups in total. The van der Waals surface area contributed by atoms with E-state index in [1.165, 1.54) is 24.4 Å². The first-order chi connectivity index (χ1) is 10.1. The van der Waals surface area contributed by atoms with E-state index < -0.39 is 11.6 Å². The summed E-state index contributed by atoms with van der Waals surface area (Å²) < 4.78 is 13.9. The van der Waals surface area contributed by atoms with Crippen LogP contribution in [-0.4, -0.2) is 10.8 Å². The lowest BCUT2D eigenvalue weighted by molar-refractivity contribution is 0.103. The monoisotopic (exact) mass is 298 g/mol. The molecular formula is C16H8ClFN2O. The fraction of sp³-hybridized carbons (Fsp3) is 0. The Morgan fingerprint density at radius 3 is 2.81 bits per heavy atom. The van der Waals surface area contributed by atoms with Crippen LogP contribution in [0.1, 0.15) is 21.5 Å². The standard InChI is InChI=1S/C16H8ClFN2O/c17-12-2-1-3-13(18)15(12)16(21)11-8-20-14-6-9(7-19)4-5-10(11)14/h1-6,8,20H. The van der Waals surface area contributed by atoms with E-state index in [0.717, 1.165) is 0 Å². The highest BCUT2D eigenvalue weighted by Gasteiger charge is 2.20. The van der Waals surface area contributed by atoms with Crippen molar-refractivity contribution in [3.63, 3.8) is 0 Å². The van der Waals surface area contributed by atoms with Gasteiger partial charge in [0.05, 0.1) is 22.2 Å². The molecule has 0 spiro atoms. The van der Waals surface area contributed by atoms with Gasteiger partial charge in [-0.1, -0.05) is 23.7 Å². The maximum Gasteiger partial charge on any atom is 0.199 e. The summed E-state index contributed by atoms with van der Waals surface area (Å²) in [6.07, 6.45) is 1.50. The Bertz CT molecular complexity index is 888. The van der Waals surface area contributed by atoms with Gasteiger partial charge in [0.2, 0.25) is 0 Å². The topological polar surface area (TPSA) is 56.6 Å². The number of nitrogens with one attached hydrogen (secondary N) is 1. The van der Waals surface area contributed by atoms with E-state index in [1.54, 1.807) is 18.2 Å². The zero-order chi connectivity index (χ0) is 15.0. The van der Waals surface area contributed by atoms with Crippen LogP contribution in [0.5, 0.6) is 0 Å². The summed E-state index contributed by atoms with van der Waals surface area (Å²) in [5.41, 5.74) is 1.29. The lowest BCUT2D eigenvalue weighted by atomic mass is 10.0. The van der Waals surface area contributed by atoms with Crippen molar-refractivity contribution in [2.24, 2.45) is 0 Å². The molecule has 0 saturated heterocycles. The number of H-pyrrole nitrogens is 1. The van der Waals surface area contributed by atoms with Gasteiger partial charge in [0.1, 0.15) is 5.82 Å². The summed E-state index contributed by atoms with van der Waals surface area (Å²) in [4.78, 5) is 15.4. The summed E-state index contributed by atoms with van der Waals surface area (Å²) in [5, 5.41) is 9.56. The van der Waals surface area contributed by atoms with Crippen LogP contribution in [0.4, 0.5) is 4.39 Å². The van der Waals surface area contributed by atoms with E-state index in [2.05, 4.69) is 4.98 Å². The van der Waals surface area contributed by atoms with Gasteiger partial charge in [-0.05, 0) is 24.3 Å². The first kappa shape index (κ1) is 13.3. The van der Waals surface area contributed by atoms with Crippen molar-refractivity contribution in [1.29, 1.82) is 5.26 Å². The number of fused-ring (bicyclic) bond motifs is 1. The molecule has 5 heteroatoms. The molecule has 1 aromatic heterocycles. The minimum atomic E-state index is -0.657. The van der Waals surface area contributed by atoms with E-state index in [9.17, 15) is 9.18 Å². The maximum absolute atomic E-state index is 13.9. The number of ketones is 1. The van der Waals surface area contributed by atoms with Crippen LogP contribution in [0.15, 0.2) is 42.6 Å². The van der Waals surface area contributed by atoms with Crippen molar-refractivity contribution in [2.75, 3.05) is 0 Å². The Morgan fingerprint density at radius 1 is 1.29 bits per heavy atom. The number of aromatic nitrogens is 1. The smallest absolute Gasteiger partial charge is 0.199 e. The highest BCUT2D eigenvalue weighted by Crippen LogP contribution is 2.26. The number of halogens is 2. The molecule has 0 aliphatic rings. The average Bonchev–Trinajstić information content (AvgIpc) is 2.89. The molecule has 0 fully saturated rings. The predicted octanol–water partition coefficient (Wildman–Crippen LogP) is 4.06. The Balaban J connectivity index is 2.17. The van der Waals surface area contributed by atoms with Crippen molar-refractivity contribution in [3.05, 3.63) is 70.1 Å². The van der Waals surface area contributed by atoms with Crippen molar-refractivity contribution in [1.82, 2.24) is 4.98 Å². The lowest BCUT2D eigenvalue weighted by Crippen LogP contribution is -2.04. The second-order valence-electron chi connectivity index (χ2n) is 4.50. The Labute approximate surface area is 124 Å². The van der Waals surface area contributed by atoms with Gasteiger partial charge in [0.15, 0.2) is 5.78 Å². The van der Waals surface area contributed by atoms with Crippen molar-refractivity contribution < 1.29 is 9.18 Å². The van der Waals surface area contributed by atoms with Crippen molar-refractivity contribution >= 4 is 28.3 Å².